The normalized spacial score (nSPS) is 12.6. The van der Waals surface area contributed by atoms with Crippen LogP contribution in [0.1, 0.15) is 29.9 Å². The number of hydrogen-bond acceptors (Lipinski definition) is 2. The Labute approximate surface area is 117 Å². The summed E-state index contributed by atoms with van der Waals surface area (Å²) in [5.74, 6) is 0.493. The van der Waals surface area contributed by atoms with Crippen LogP contribution in [0.15, 0.2) is 34.9 Å². The van der Waals surface area contributed by atoms with Crippen molar-refractivity contribution in [2.45, 2.75) is 26.3 Å². The summed E-state index contributed by atoms with van der Waals surface area (Å²) in [6.07, 6.45) is 2.26. The molecule has 102 valence electrons. The third-order valence-corrected chi connectivity index (χ3v) is 3.55. The topological polar surface area (TPSA) is 25.2 Å². The molecule has 0 spiro atoms. The standard InChI is InChI=1S/C15H17ClFNO/c1-3-18-13(15-10(2)7-8-19-15)9-11-5-4-6-12(17)14(11)16/h4-8,13,18H,3,9H2,1-2H3. The number of likely N-dealkylation sites (N-methyl/N-ethyl adjacent to an activating group) is 1. The molecule has 0 aliphatic rings. The lowest BCUT2D eigenvalue weighted by molar-refractivity contribution is 0.413. The van der Waals surface area contributed by atoms with E-state index in [2.05, 4.69) is 5.32 Å². The van der Waals surface area contributed by atoms with Gasteiger partial charge in [0.25, 0.3) is 0 Å². The van der Waals surface area contributed by atoms with Gasteiger partial charge in [0.15, 0.2) is 0 Å². The molecule has 2 rings (SSSR count). The molecule has 0 aliphatic carbocycles. The van der Waals surface area contributed by atoms with E-state index in [1.165, 1.54) is 6.07 Å². The van der Waals surface area contributed by atoms with E-state index in [0.29, 0.717) is 6.42 Å². The van der Waals surface area contributed by atoms with E-state index >= 15 is 0 Å². The van der Waals surface area contributed by atoms with Crippen LogP contribution < -0.4 is 5.32 Å². The monoisotopic (exact) mass is 281 g/mol. The molecule has 19 heavy (non-hydrogen) atoms. The molecule has 1 N–H and O–H groups in total. The van der Waals surface area contributed by atoms with Crippen molar-refractivity contribution in [3.63, 3.8) is 0 Å². The Balaban J connectivity index is 2.27. The summed E-state index contributed by atoms with van der Waals surface area (Å²) in [6, 6.07) is 6.81. The van der Waals surface area contributed by atoms with Crippen LogP contribution in [0.2, 0.25) is 5.02 Å². The van der Waals surface area contributed by atoms with Crippen molar-refractivity contribution in [1.29, 1.82) is 0 Å². The molecule has 0 saturated carbocycles. The molecule has 4 heteroatoms. The average molecular weight is 282 g/mol. The maximum absolute atomic E-state index is 13.5. The van der Waals surface area contributed by atoms with Crippen LogP contribution in [0.4, 0.5) is 4.39 Å². The quantitative estimate of drug-likeness (QED) is 0.885. The molecule has 0 radical (unpaired) electrons. The van der Waals surface area contributed by atoms with Gasteiger partial charge in [-0.2, -0.15) is 0 Å². The highest BCUT2D eigenvalue weighted by atomic mass is 35.5. The van der Waals surface area contributed by atoms with Crippen LogP contribution in [0.25, 0.3) is 0 Å². The lowest BCUT2D eigenvalue weighted by Crippen LogP contribution is -2.23. The first-order chi connectivity index (χ1) is 9.13. The summed E-state index contributed by atoms with van der Waals surface area (Å²) in [4.78, 5) is 0. The van der Waals surface area contributed by atoms with Gasteiger partial charge in [0.1, 0.15) is 11.6 Å². The number of halogens is 2. The molecule has 2 nitrogen and oxygen atoms in total. The van der Waals surface area contributed by atoms with E-state index in [0.717, 1.165) is 23.4 Å². The Morgan fingerprint density at radius 1 is 1.37 bits per heavy atom. The van der Waals surface area contributed by atoms with E-state index in [-0.39, 0.29) is 16.9 Å². The van der Waals surface area contributed by atoms with Gasteiger partial charge >= 0.3 is 0 Å². The third kappa shape index (κ3) is 3.17. The highest BCUT2D eigenvalue weighted by Crippen LogP contribution is 2.27. The SMILES string of the molecule is CCNC(Cc1cccc(F)c1Cl)c1occc1C. The summed E-state index contributed by atoms with van der Waals surface area (Å²) < 4.78 is 19.0. The second-order valence-electron chi connectivity index (χ2n) is 4.50. The van der Waals surface area contributed by atoms with Gasteiger partial charge in [-0.1, -0.05) is 30.7 Å². The predicted octanol–water partition coefficient (Wildman–Crippen LogP) is 4.27. The zero-order chi connectivity index (χ0) is 13.8. The van der Waals surface area contributed by atoms with Crippen molar-refractivity contribution in [3.05, 3.63) is 58.3 Å². The van der Waals surface area contributed by atoms with Crippen molar-refractivity contribution in [2.24, 2.45) is 0 Å². The highest BCUT2D eigenvalue weighted by molar-refractivity contribution is 6.31. The minimum atomic E-state index is -0.384. The van der Waals surface area contributed by atoms with Gasteiger partial charge in [0.2, 0.25) is 0 Å². The van der Waals surface area contributed by atoms with Gasteiger partial charge in [0.05, 0.1) is 17.3 Å². The van der Waals surface area contributed by atoms with Gasteiger partial charge in [-0.25, -0.2) is 4.39 Å². The Kier molecular flexibility index (Phi) is 4.61. The van der Waals surface area contributed by atoms with Crippen molar-refractivity contribution < 1.29 is 8.81 Å². The number of aryl methyl sites for hydroxylation is 1. The minimum absolute atomic E-state index is 0.000648. The van der Waals surface area contributed by atoms with Crippen LogP contribution in [0.5, 0.6) is 0 Å². The molecule has 1 atom stereocenters. The molecule has 0 fully saturated rings. The maximum Gasteiger partial charge on any atom is 0.142 e. The fourth-order valence-corrected chi connectivity index (χ4v) is 2.37. The first-order valence-electron chi connectivity index (χ1n) is 6.33. The molecule has 0 bridgehead atoms. The van der Waals surface area contributed by atoms with Crippen molar-refractivity contribution in [1.82, 2.24) is 5.32 Å². The fraction of sp³-hybridized carbons (Fsp3) is 0.333. The highest BCUT2D eigenvalue weighted by Gasteiger charge is 2.18. The molecule has 1 heterocycles. The Hall–Kier alpha value is -1.32. The molecular weight excluding hydrogens is 265 g/mol. The van der Waals surface area contributed by atoms with Crippen molar-refractivity contribution in [2.75, 3.05) is 6.54 Å². The van der Waals surface area contributed by atoms with E-state index in [1.54, 1.807) is 12.3 Å². The minimum Gasteiger partial charge on any atom is -0.467 e. The van der Waals surface area contributed by atoms with Crippen LogP contribution in [0, 0.1) is 12.7 Å². The molecule has 0 saturated heterocycles. The lowest BCUT2D eigenvalue weighted by Gasteiger charge is -2.17. The molecular formula is C15H17ClFNO. The summed E-state index contributed by atoms with van der Waals surface area (Å²) in [5, 5.41) is 3.54. The first kappa shape index (κ1) is 14.1. The van der Waals surface area contributed by atoms with Crippen LogP contribution in [-0.4, -0.2) is 6.54 Å². The molecule has 1 aromatic heterocycles. The summed E-state index contributed by atoms with van der Waals surface area (Å²) in [6.45, 7) is 4.83. The molecule has 0 amide bonds. The van der Waals surface area contributed by atoms with Crippen LogP contribution in [-0.2, 0) is 6.42 Å². The summed E-state index contributed by atoms with van der Waals surface area (Å²) in [5.41, 5.74) is 1.86. The second kappa shape index (κ2) is 6.22. The number of nitrogens with one attached hydrogen (secondary N) is 1. The number of rotatable bonds is 5. The Morgan fingerprint density at radius 3 is 2.79 bits per heavy atom. The van der Waals surface area contributed by atoms with E-state index in [4.69, 9.17) is 16.0 Å². The molecule has 1 aromatic carbocycles. The average Bonchev–Trinajstić information content (AvgIpc) is 2.80. The van der Waals surface area contributed by atoms with Gasteiger partial charge in [-0.3, -0.25) is 0 Å². The van der Waals surface area contributed by atoms with Gasteiger partial charge in [0, 0.05) is 0 Å². The zero-order valence-electron chi connectivity index (χ0n) is 11.0. The summed E-state index contributed by atoms with van der Waals surface area (Å²) in [7, 11) is 0. The molecule has 1 unspecified atom stereocenters. The van der Waals surface area contributed by atoms with E-state index < -0.39 is 0 Å². The number of hydrogen-bond donors (Lipinski definition) is 1. The number of benzene rings is 1. The Bertz CT molecular complexity index is 553. The Morgan fingerprint density at radius 2 is 2.16 bits per heavy atom. The largest absolute Gasteiger partial charge is 0.467 e. The van der Waals surface area contributed by atoms with Gasteiger partial charge in [-0.05, 0) is 43.1 Å². The third-order valence-electron chi connectivity index (χ3n) is 3.12. The van der Waals surface area contributed by atoms with Crippen molar-refractivity contribution in [3.8, 4) is 0 Å². The maximum atomic E-state index is 13.5. The first-order valence-corrected chi connectivity index (χ1v) is 6.71. The van der Waals surface area contributed by atoms with Crippen LogP contribution >= 0.6 is 11.6 Å². The smallest absolute Gasteiger partial charge is 0.142 e. The van der Waals surface area contributed by atoms with E-state index in [1.807, 2.05) is 26.0 Å². The molecule has 0 aliphatic heterocycles. The second-order valence-corrected chi connectivity index (χ2v) is 4.87. The fourth-order valence-electron chi connectivity index (χ4n) is 2.17. The zero-order valence-corrected chi connectivity index (χ0v) is 11.8. The summed E-state index contributed by atoms with van der Waals surface area (Å²) >= 11 is 6.01. The van der Waals surface area contributed by atoms with Gasteiger partial charge < -0.3 is 9.73 Å². The van der Waals surface area contributed by atoms with Crippen molar-refractivity contribution >= 4 is 11.6 Å². The molecule has 2 aromatic rings. The van der Waals surface area contributed by atoms with E-state index in [9.17, 15) is 4.39 Å². The predicted molar refractivity (Wildman–Crippen MR) is 75.0 cm³/mol. The van der Waals surface area contributed by atoms with Gasteiger partial charge in [-0.15, -0.1) is 0 Å². The van der Waals surface area contributed by atoms with Crippen LogP contribution in [0.3, 0.4) is 0 Å². The lowest BCUT2D eigenvalue weighted by atomic mass is 10.0. The number of furan rings is 1.